The largest absolute Gasteiger partial charge is 0.317 e. The molecule has 126 valence electrons. The third kappa shape index (κ3) is 2.18. The second kappa shape index (κ2) is 5.24. The molecule has 0 aliphatic heterocycles. The van der Waals surface area contributed by atoms with Gasteiger partial charge in [-0.25, -0.2) is 0 Å². The predicted molar refractivity (Wildman–Crippen MR) is 103 cm³/mol. The van der Waals surface area contributed by atoms with E-state index >= 15 is 0 Å². The lowest BCUT2D eigenvalue weighted by molar-refractivity contribution is -0.00521. The van der Waals surface area contributed by atoms with Crippen molar-refractivity contribution in [2.75, 3.05) is 0 Å². The van der Waals surface area contributed by atoms with Gasteiger partial charge in [-0.15, -0.1) is 0 Å². The summed E-state index contributed by atoms with van der Waals surface area (Å²) in [5.41, 5.74) is 5.96. The molecule has 0 amide bonds. The summed E-state index contributed by atoms with van der Waals surface area (Å²) in [5, 5.41) is 0. The predicted octanol–water partition coefficient (Wildman–Crippen LogP) is 6.32. The Kier molecular flexibility index (Phi) is 3.33. The van der Waals surface area contributed by atoms with Gasteiger partial charge in [0, 0.05) is 15.9 Å². The van der Waals surface area contributed by atoms with Gasteiger partial charge in [0.05, 0.1) is 5.69 Å². The topological polar surface area (TPSA) is 4.93 Å². The van der Waals surface area contributed by atoms with E-state index < -0.39 is 0 Å². The van der Waals surface area contributed by atoms with Crippen LogP contribution in [0.3, 0.4) is 0 Å². The molecule has 4 aliphatic rings. The van der Waals surface area contributed by atoms with Crippen molar-refractivity contribution in [3.63, 3.8) is 0 Å². The fraction of sp³-hybridized carbons (Fsp3) is 0.545. The molecule has 1 aromatic heterocycles. The Bertz CT molecular complexity index is 746. The van der Waals surface area contributed by atoms with E-state index in [2.05, 4.69) is 64.7 Å². The number of halogens is 1. The first-order valence-corrected chi connectivity index (χ1v) is 10.3. The van der Waals surface area contributed by atoms with Crippen LogP contribution in [0.4, 0.5) is 0 Å². The third-order valence-corrected chi connectivity index (χ3v) is 7.75. The summed E-state index contributed by atoms with van der Waals surface area (Å²) in [6.45, 7) is 4.37. The van der Waals surface area contributed by atoms with E-state index in [0.717, 1.165) is 17.8 Å². The molecule has 24 heavy (non-hydrogen) atoms. The molecule has 2 aromatic rings. The minimum Gasteiger partial charge on any atom is -0.317 e. The van der Waals surface area contributed by atoms with Crippen molar-refractivity contribution in [2.45, 2.75) is 57.8 Å². The van der Waals surface area contributed by atoms with Crippen molar-refractivity contribution in [1.29, 1.82) is 0 Å². The molecule has 0 radical (unpaired) electrons. The first kappa shape index (κ1) is 15.3. The van der Waals surface area contributed by atoms with Crippen LogP contribution in [0, 0.1) is 31.6 Å². The van der Waals surface area contributed by atoms with Gasteiger partial charge in [-0.1, -0.05) is 6.07 Å². The number of hydrogen-bond donors (Lipinski definition) is 0. The summed E-state index contributed by atoms with van der Waals surface area (Å²) >= 11 is 3.90. The number of aromatic nitrogens is 1. The maximum absolute atomic E-state index is 3.90. The van der Waals surface area contributed by atoms with Crippen molar-refractivity contribution in [3.05, 3.63) is 51.8 Å². The van der Waals surface area contributed by atoms with Gasteiger partial charge in [-0.05, 0) is 121 Å². The van der Waals surface area contributed by atoms with Gasteiger partial charge < -0.3 is 4.57 Å². The Morgan fingerprint density at radius 1 is 0.875 bits per heavy atom. The molecule has 4 fully saturated rings. The number of rotatable bonds is 2. The van der Waals surface area contributed by atoms with Crippen LogP contribution < -0.4 is 0 Å². The van der Waals surface area contributed by atoms with Crippen LogP contribution in [0.15, 0.2) is 34.8 Å². The van der Waals surface area contributed by atoms with E-state index in [1.807, 2.05) is 0 Å². The molecule has 6 rings (SSSR count). The molecule has 1 heterocycles. The van der Waals surface area contributed by atoms with Gasteiger partial charge in [0.15, 0.2) is 0 Å². The Hall–Kier alpha value is -1.02. The number of aryl methyl sites for hydroxylation is 2. The zero-order valence-corrected chi connectivity index (χ0v) is 16.3. The zero-order chi connectivity index (χ0) is 16.5. The second-order valence-corrected chi connectivity index (χ2v) is 9.67. The average molecular weight is 384 g/mol. The molecule has 4 saturated carbocycles. The van der Waals surface area contributed by atoms with Crippen molar-refractivity contribution in [3.8, 4) is 5.69 Å². The Morgan fingerprint density at radius 3 is 1.92 bits per heavy atom. The van der Waals surface area contributed by atoms with E-state index in [-0.39, 0.29) is 0 Å². The average Bonchev–Trinajstić information content (AvgIpc) is 2.85. The molecule has 4 aliphatic carbocycles. The van der Waals surface area contributed by atoms with E-state index in [1.165, 1.54) is 60.1 Å². The summed E-state index contributed by atoms with van der Waals surface area (Å²) in [6.07, 6.45) is 8.85. The third-order valence-electron chi connectivity index (χ3n) is 7.11. The minimum atomic E-state index is 0.483. The number of benzene rings is 1. The Morgan fingerprint density at radius 2 is 1.42 bits per heavy atom. The van der Waals surface area contributed by atoms with Crippen molar-refractivity contribution in [2.24, 2.45) is 17.8 Å². The van der Waals surface area contributed by atoms with Gasteiger partial charge in [-0.3, -0.25) is 0 Å². The molecular weight excluding hydrogens is 358 g/mol. The fourth-order valence-electron chi connectivity index (χ4n) is 6.53. The summed E-state index contributed by atoms with van der Waals surface area (Å²) in [7, 11) is 0. The standard InChI is InChI=1S/C22H26BrN/c1-14-3-4-15(2)24(14)21-6-5-19(10-20(21)23)22-11-16-7-17(12-22)9-18(8-16)13-22/h3-6,10,16-18H,7-9,11-13H2,1-2H3. The molecule has 1 nitrogen and oxygen atoms in total. The highest BCUT2D eigenvalue weighted by atomic mass is 79.9. The summed E-state index contributed by atoms with van der Waals surface area (Å²) in [4.78, 5) is 0. The second-order valence-electron chi connectivity index (χ2n) is 8.82. The van der Waals surface area contributed by atoms with E-state index in [4.69, 9.17) is 0 Å². The maximum atomic E-state index is 3.90. The van der Waals surface area contributed by atoms with Gasteiger partial charge in [0.25, 0.3) is 0 Å². The molecule has 2 heteroatoms. The molecule has 1 aromatic carbocycles. The maximum Gasteiger partial charge on any atom is 0.0597 e. The molecule has 0 N–H and O–H groups in total. The van der Waals surface area contributed by atoms with Crippen molar-refractivity contribution in [1.82, 2.24) is 4.57 Å². The highest BCUT2D eigenvalue weighted by Crippen LogP contribution is 2.60. The number of nitrogens with zero attached hydrogens (tertiary/aromatic N) is 1. The lowest BCUT2D eigenvalue weighted by Crippen LogP contribution is -2.48. The quantitative estimate of drug-likeness (QED) is 0.571. The van der Waals surface area contributed by atoms with Crippen molar-refractivity contribution < 1.29 is 0 Å². The molecule has 4 bridgehead atoms. The van der Waals surface area contributed by atoms with Gasteiger partial charge >= 0.3 is 0 Å². The zero-order valence-electron chi connectivity index (χ0n) is 14.7. The van der Waals surface area contributed by atoms with Crippen LogP contribution in [-0.2, 0) is 5.41 Å². The summed E-state index contributed by atoms with van der Waals surface area (Å²) in [6, 6.07) is 11.6. The highest BCUT2D eigenvalue weighted by molar-refractivity contribution is 9.10. The normalized spacial score (nSPS) is 34.0. The van der Waals surface area contributed by atoms with Gasteiger partial charge in [0.1, 0.15) is 0 Å². The molecule has 0 saturated heterocycles. The van der Waals surface area contributed by atoms with Crippen LogP contribution in [0.5, 0.6) is 0 Å². The van der Waals surface area contributed by atoms with Gasteiger partial charge in [0.2, 0.25) is 0 Å². The smallest absolute Gasteiger partial charge is 0.0597 e. The minimum absolute atomic E-state index is 0.483. The first-order chi connectivity index (χ1) is 11.5. The van der Waals surface area contributed by atoms with E-state index in [9.17, 15) is 0 Å². The summed E-state index contributed by atoms with van der Waals surface area (Å²) < 4.78 is 3.60. The molecule has 0 unspecified atom stereocenters. The Balaban J connectivity index is 1.56. The molecular formula is C22H26BrN. The first-order valence-electron chi connectivity index (χ1n) is 9.49. The highest BCUT2D eigenvalue weighted by Gasteiger charge is 2.51. The van der Waals surface area contributed by atoms with Gasteiger partial charge in [-0.2, -0.15) is 0 Å². The fourth-order valence-corrected chi connectivity index (χ4v) is 7.09. The van der Waals surface area contributed by atoms with Crippen LogP contribution >= 0.6 is 15.9 Å². The summed E-state index contributed by atoms with van der Waals surface area (Å²) in [5.74, 6) is 3.01. The molecule has 0 atom stereocenters. The Labute approximate surface area is 153 Å². The number of hydrogen-bond acceptors (Lipinski definition) is 0. The lowest BCUT2D eigenvalue weighted by Gasteiger charge is -2.57. The van der Waals surface area contributed by atoms with Crippen molar-refractivity contribution >= 4 is 15.9 Å². The van der Waals surface area contributed by atoms with Crippen LogP contribution in [-0.4, -0.2) is 4.57 Å². The van der Waals surface area contributed by atoms with E-state index in [0.29, 0.717) is 5.41 Å². The SMILES string of the molecule is Cc1ccc(C)n1-c1ccc(C23CC4CC(CC(C4)C2)C3)cc1Br. The van der Waals surface area contributed by atoms with Crippen LogP contribution in [0.2, 0.25) is 0 Å². The van der Waals surface area contributed by atoms with E-state index in [1.54, 1.807) is 5.56 Å². The van der Waals surface area contributed by atoms with Crippen LogP contribution in [0.1, 0.15) is 55.5 Å². The van der Waals surface area contributed by atoms with Crippen LogP contribution in [0.25, 0.3) is 5.69 Å². The molecule has 0 spiro atoms. The lowest BCUT2D eigenvalue weighted by atomic mass is 9.48. The monoisotopic (exact) mass is 383 g/mol.